The van der Waals surface area contributed by atoms with Crippen LogP contribution in [0.2, 0.25) is 0 Å². The number of benzene rings is 2. The molecule has 2 rings (SSSR count). The van der Waals surface area contributed by atoms with Crippen LogP contribution in [0.15, 0.2) is 42.5 Å². The number of ether oxygens (including phenoxy) is 1. The number of aryl methyl sites for hydroxylation is 1. The Balaban J connectivity index is 2.27. The second kappa shape index (κ2) is 4.74. The Labute approximate surface area is 109 Å². The largest absolute Gasteiger partial charge is 0.457 e. The Morgan fingerprint density at radius 1 is 1.12 bits per heavy atom. The molecule has 0 heterocycles. The molecule has 0 unspecified atom stereocenters. The topological polar surface area (TPSA) is 35.2 Å². The van der Waals surface area contributed by atoms with Gasteiger partial charge in [-0.05, 0) is 71.5 Å². The Morgan fingerprint density at radius 2 is 1.94 bits per heavy atom. The molecular formula is C13H12INO. The first kappa shape index (κ1) is 11.3. The third-order valence-corrected chi connectivity index (χ3v) is 2.89. The van der Waals surface area contributed by atoms with Gasteiger partial charge in [-0.3, -0.25) is 0 Å². The van der Waals surface area contributed by atoms with Gasteiger partial charge in [-0.15, -0.1) is 0 Å². The van der Waals surface area contributed by atoms with Gasteiger partial charge in [-0.25, -0.2) is 0 Å². The summed E-state index contributed by atoms with van der Waals surface area (Å²) in [5.74, 6) is 1.69. The van der Waals surface area contributed by atoms with Crippen LogP contribution >= 0.6 is 22.6 Å². The van der Waals surface area contributed by atoms with Gasteiger partial charge in [0.15, 0.2) is 0 Å². The van der Waals surface area contributed by atoms with Crippen molar-refractivity contribution in [3.8, 4) is 11.5 Å². The number of nitrogen functional groups attached to an aromatic ring is 1. The summed E-state index contributed by atoms with van der Waals surface area (Å²) in [6, 6.07) is 13.6. The standard InChI is InChI=1S/C13H12INO/c1-9-7-11(15)5-6-13(9)16-12-4-2-3-10(14)8-12/h2-8H,15H2,1H3. The average Bonchev–Trinajstić information content (AvgIpc) is 2.22. The first-order chi connectivity index (χ1) is 7.65. The summed E-state index contributed by atoms with van der Waals surface area (Å²) in [4.78, 5) is 0. The van der Waals surface area contributed by atoms with E-state index in [1.54, 1.807) is 0 Å². The highest BCUT2D eigenvalue weighted by atomic mass is 127. The Morgan fingerprint density at radius 3 is 2.62 bits per heavy atom. The van der Waals surface area contributed by atoms with Crippen molar-refractivity contribution in [1.82, 2.24) is 0 Å². The van der Waals surface area contributed by atoms with Crippen LogP contribution in [-0.4, -0.2) is 0 Å². The summed E-state index contributed by atoms with van der Waals surface area (Å²) < 4.78 is 6.94. The predicted octanol–water partition coefficient (Wildman–Crippen LogP) is 3.97. The number of halogens is 1. The number of nitrogens with two attached hydrogens (primary N) is 1. The van der Waals surface area contributed by atoms with Crippen molar-refractivity contribution < 1.29 is 4.74 Å². The van der Waals surface area contributed by atoms with Crippen LogP contribution in [0.4, 0.5) is 5.69 Å². The van der Waals surface area contributed by atoms with E-state index in [1.807, 2.05) is 49.4 Å². The van der Waals surface area contributed by atoms with E-state index in [1.165, 1.54) is 0 Å². The lowest BCUT2D eigenvalue weighted by molar-refractivity contribution is 0.478. The molecule has 0 aliphatic rings. The Hall–Kier alpha value is -1.23. The number of hydrogen-bond acceptors (Lipinski definition) is 2. The first-order valence-electron chi connectivity index (χ1n) is 4.95. The summed E-state index contributed by atoms with van der Waals surface area (Å²) in [5, 5.41) is 0. The molecule has 0 aromatic heterocycles. The first-order valence-corrected chi connectivity index (χ1v) is 6.02. The third kappa shape index (κ3) is 2.66. The predicted molar refractivity (Wildman–Crippen MR) is 74.8 cm³/mol. The fourth-order valence-corrected chi connectivity index (χ4v) is 1.96. The van der Waals surface area contributed by atoms with Gasteiger partial charge in [-0.2, -0.15) is 0 Å². The number of hydrogen-bond donors (Lipinski definition) is 1. The van der Waals surface area contributed by atoms with Crippen molar-refractivity contribution in [2.75, 3.05) is 5.73 Å². The molecule has 0 bridgehead atoms. The smallest absolute Gasteiger partial charge is 0.130 e. The van der Waals surface area contributed by atoms with Gasteiger partial charge < -0.3 is 10.5 Å². The van der Waals surface area contributed by atoms with Gasteiger partial charge in [0.2, 0.25) is 0 Å². The van der Waals surface area contributed by atoms with Gasteiger partial charge >= 0.3 is 0 Å². The zero-order valence-corrected chi connectivity index (χ0v) is 11.1. The van der Waals surface area contributed by atoms with Crippen LogP contribution in [0.1, 0.15) is 5.56 Å². The maximum atomic E-state index is 5.78. The van der Waals surface area contributed by atoms with Crippen LogP contribution in [0.25, 0.3) is 0 Å². The summed E-state index contributed by atoms with van der Waals surface area (Å²) in [5.41, 5.74) is 7.49. The molecule has 2 aromatic carbocycles. The average molecular weight is 325 g/mol. The van der Waals surface area contributed by atoms with Crippen LogP contribution in [0.5, 0.6) is 11.5 Å². The molecule has 0 aliphatic carbocycles. The SMILES string of the molecule is Cc1cc(N)ccc1Oc1cccc(I)c1. The molecule has 82 valence electrons. The lowest BCUT2D eigenvalue weighted by Crippen LogP contribution is -1.90. The Kier molecular flexibility index (Phi) is 3.33. The van der Waals surface area contributed by atoms with E-state index in [9.17, 15) is 0 Å². The number of anilines is 1. The van der Waals surface area contributed by atoms with Crippen LogP contribution in [-0.2, 0) is 0 Å². The van der Waals surface area contributed by atoms with Crippen molar-refractivity contribution >= 4 is 28.3 Å². The van der Waals surface area contributed by atoms with Gasteiger partial charge in [-0.1, -0.05) is 6.07 Å². The van der Waals surface area contributed by atoms with E-state index in [0.29, 0.717) is 0 Å². The molecule has 0 saturated carbocycles. The summed E-state index contributed by atoms with van der Waals surface area (Å²) in [6.45, 7) is 1.99. The van der Waals surface area contributed by atoms with Gasteiger partial charge in [0.25, 0.3) is 0 Å². The molecule has 3 heteroatoms. The highest BCUT2D eigenvalue weighted by Crippen LogP contribution is 2.27. The molecule has 0 fully saturated rings. The zero-order chi connectivity index (χ0) is 11.5. The maximum Gasteiger partial charge on any atom is 0.130 e. The second-order valence-electron chi connectivity index (χ2n) is 3.58. The molecule has 2 nitrogen and oxygen atoms in total. The normalized spacial score (nSPS) is 10.1. The van der Waals surface area contributed by atoms with Crippen molar-refractivity contribution in [3.63, 3.8) is 0 Å². The molecule has 2 aromatic rings. The summed E-state index contributed by atoms with van der Waals surface area (Å²) in [7, 11) is 0. The quantitative estimate of drug-likeness (QED) is 0.670. The minimum absolute atomic E-state index is 0.757. The maximum absolute atomic E-state index is 5.78. The van der Waals surface area contributed by atoms with Gasteiger partial charge in [0.1, 0.15) is 11.5 Å². The third-order valence-electron chi connectivity index (χ3n) is 2.22. The van der Waals surface area contributed by atoms with E-state index in [-0.39, 0.29) is 0 Å². The molecule has 0 aliphatic heterocycles. The molecule has 0 atom stereocenters. The molecule has 0 spiro atoms. The number of rotatable bonds is 2. The molecule has 0 radical (unpaired) electrons. The van der Waals surface area contributed by atoms with E-state index >= 15 is 0 Å². The summed E-state index contributed by atoms with van der Waals surface area (Å²) in [6.07, 6.45) is 0. The van der Waals surface area contributed by atoms with E-state index in [2.05, 4.69) is 22.6 Å². The van der Waals surface area contributed by atoms with Gasteiger partial charge in [0, 0.05) is 9.26 Å². The minimum atomic E-state index is 0.757. The highest BCUT2D eigenvalue weighted by Gasteiger charge is 2.01. The molecule has 16 heavy (non-hydrogen) atoms. The van der Waals surface area contributed by atoms with Crippen LogP contribution in [0.3, 0.4) is 0 Å². The van der Waals surface area contributed by atoms with Gasteiger partial charge in [0.05, 0.1) is 0 Å². The zero-order valence-electron chi connectivity index (χ0n) is 8.91. The van der Waals surface area contributed by atoms with Crippen molar-refractivity contribution in [3.05, 3.63) is 51.6 Å². The molecule has 0 saturated heterocycles. The van der Waals surface area contributed by atoms with Crippen molar-refractivity contribution in [2.45, 2.75) is 6.92 Å². The highest BCUT2D eigenvalue weighted by molar-refractivity contribution is 14.1. The van der Waals surface area contributed by atoms with Crippen LogP contribution in [0, 0.1) is 10.5 Å². The molecule has 0 amide bonds. The second-order valence-corrected chi connectivity index (χ2v) is 4.83. The molecular weight excluding hydrogens is 313 g/mol. The fourth-order valence-electron chi connectivity index (χ4n) is 1.44. The van der Waals surface area contributed by atoms with Crippen molar-refractivity contribution in [1.29, 1.82) is 0 Å². The fraction of sp³-hybridized carbons (Fsp3) is 0.0769. The lowest BCUT2D eigenvalue weighted by Gasteiger charge is -2.09. The Bertz CT molecular complexity index is 511. The van der Waals surface area contributed by atoms with Crippen LogP contribution < -0.4 is 10.5 Å². The minimum Gasteiger partial charge on any atom is -0.457 e. The molecule has 2 N–H and O–H groups in total. The van der Waals surface area contributed by atoms with E-state index in [4.69, 9.17) is 10.5 Å². The van der Waals surface area contributed by atoms with E-state index in [0.717, 1.165) is 26.3 Å². The lowest BCUT2D eigenvalue weighted by atomic mass is 10.2. The monoisotopic (exact) mass is 325 g/mol. The summed E-state index contributed by atoms with van der Waals surface area (Å²) >= 11 is 2.26. The van der Waals surface area contributed by atoms with Crippen molar-refractivity contribution in [2.24, 2.45) is 0 Å². The van der Waals surface area contributed by atoms with E-state index < -0.39 is 0 Å².